The van der Waals surface area contributed by atoms with E-state index in [0.29, 0.717) is 17.7 Å². The first-order chi connectivity index (χ1) is 16.0. The molecule has 0 fully saturated rings. The third kappa shape index (κ3) is 4.58. The van der Waals surface area contributed by atoms with Crippen molar-refractivity contribution in [1.82, 2.24) is 4.98 Å². The zero-order valence-electron chi connectivity index (χ0n) is 19.5. The number of carbonyl (C=O) groups is 1. The van der Waals surface area contributed by atoms with Gasteiger partial charge in [-0.3, -0.25) is 9.88 Å². The number of anilines is 2. The van der Waals surface area contributed by atoms with Gasteiger partial charge in [-0.15, -0.1) is 0 Å². The number of amides is 2. The first-order valence-corrected chi connectivity index (χ1v) is 10.9. The highest BCUT2D eigenvalue weighted by molar-refractivity contribution is 6.03. The lowest BCUT2D eigenvalue weighted by Gasteiger charge is -2.25. The number of nitrogens with zero attached hydrogens (tertiary/aromatic N) is 2. The molecule has 8 heteroatoms. The largest absolute Gasteiger partial charge is 0.496 e. The molecule has 0 atom stereocenters. The van der Waals surface area contributed by atoms with Gasteiger partial charge >= 0.3 is 12.2 Å². The van der Waals surface area contributed by atoms with Crippen LogP contribution in [0.5, 0.6) is 5.75 Å². The lowest BCUT2D eigenvalue weighted by molar-refractivity contribution is -0.138. The van der Waals surface area contributed by atoms with Gasteiger partial charge in [-0.25, -0.2) is 4.79 Å². The van der Waals surface area contributed by atoms with Gasteiger partial charge < -0.3 is 10.1 Å². The van der Waals surface area contributed by atoms with Crippen LogP contribution in [0.3, 0.4) is 0 Å². The number of benzene rings is 2. The number of urea groups is 1. The van der Waals surface area contributed by atoms with Gasteiger partial charge in [0.05, 0.1) is 12.7 Å². The quantitative estimate of drug-likeness (QED) is 0.466. The molecule has 0 bridgehead atoms. The molecule has 0 spiro atoms. The molecule has 2 aromatic carbocycles. The van der Waals surface area contributed by atoms with Crippen LogP contribution in [0.4, 0.5) is 29.3 Å². The Morgan fingerprint density at radius 2 is 1.85 bits per heavy atom. The minimum atomic E-state index is -4.59. The molecule has 0 aliphatic carbocycles. The monoisotopic (exact) mass is 469 g/mol. The Morgan fingerprint density at radius 3 is 2.47 bits per heavy atom. The number of hydrogen-bond acceptors (Lipinski definition) is 3. The van der Waals surface area contributed by atoms with Crippen molar-refractivity contribution >= 4 is 17.4 Å². The molecule has 1 aliphatic heterocycles. The van der Waals surface area contributed by atoms with E-state index in [-0.39, 0.29) is 23.4 Å². The van der Waals surface area contributed by atoms with Crippen LogP contribution in [0.1, 0.15) is 37.5 Å². The maximum Gasteiger partial charge on any atom is 0.420 e. The zero-order chi connectivity index (χ0) is 24.7. The fraction of sp³-hybridized carbons (Fsp3) is 0.308. The third-order valence-electron chi connectivity index (χ3n) is 5.90. The van der Waals surface area contributed by atoms with Crippen LogP contribution >= 0.6 is 0 Å². The number of fused-ring (bicyclic) bond motifs is 1. The van der Waals surface area contributed by atoms with E-state index < -0.39 is 17.8 Å². The highest BCUT2D eigenvalue weighted by Gasteiger charge is 2.37. The van der Waals surface area contributed by atoms with E-state index in [1.807, 2.05) is 30.3 Å². The summed E-state index contributed by atoms with van der Waals surface area (Å²) in [6.07, 6.45) is -0.687. The van der Waals surface area contributed by atoms with Crippen molar-refractivity contribution in [3.05, 3.63) is 71.5 Å². The van der Waals surface area contributed by atoms with Crippen LogP contribution < -0.4 is 15.0 Å². The van der Waals surface area contributed by atoms with Crippen molar-refractivity contribution in [3.8, 4) is 16.9 Å². The second kappa shape index (κ2) is 8.66. The molecule has 1 aromatic heterocycles. The Hall–Kier alpha value is -3.55. The summed E-state index contributed by atoms with van der Waals surface area (Å²) in [5, 5.41) is 2.85. The summed E-state index contributed by atoms with van der Waals surface area (Å²) in [4.78, 5) is 18.7. The van der Waals surface area contributed by atoms with Crippen LogP contribution in [0.15, 0.2) is 54.9 Å². The zero-order valence-corrected chi connectivity index (χ0v) is 19.5. The van der Waals surface area contributed by atoms with E-state index >= 15 is 0 Å². The van der Waals surface area contributed by atoms with Crippen LogP contribution in [0.2, 0.25) is 0 Å². The second-order valence-electron chi connectivity index (χ2n) is 9.26. The summed E-state index contributed by atoms with van der Waals surface area (Å²) in [6.45, 7) is 6.59. The van der Waals surface area contributed by atoms with Crippen LogP contribution in [0, 0.1) is 0 Å². The first kappa shape index (κ1) is 23.6. The molecular formula is C26H26F3N3O2. The maximum atomic E-state index is 13.5. The SMILES string of the molecule is COc1cc2c(cc1C(F)(F)F)N(C(=O)Nc1ccc(C(C)(C)C)c(-c3cccnc3)c1)CC2. The minimum Gasteiger partial charge on any atom is -0.496 e. The molecule has 178 valence electrons. The van der Waals surface area contributed by atoms with Crippen molar-refractivity contribution in [1.29, 1.82) is 0 Å². The summed E-state index contributed by atoms with van der Waals surface area (Å²) in [7, 11) is 1.21. The number of carbonyl (C=O) groups excluding carboxylic acids is 1. The van der Waals surface area contributed by atoms with Gasteiger partial charge in [0.15, 0.2) is 0 Å². The topological polar surface area (TPSA) is 54.5 Å². The van der Waals surface area contributed by atoms with E-state index in [1.165, 1.54) is 18.1 Å². The molecule has 5 nitrogen and oxygen atoms in total. The van der Waals surface area contributed by atoms with Crippen molar-refractivity contribution in [2.45, 2.75) is 38.8 Å². The lowest BCUT2D eigenvalue weighted by Crippen LogP contribution is -2.33. The van der Waals surface area contributed by atoms with E-state index in [4.69, 9.17) is 4.74 Å². The number of methoxy groups -OCH3 is 1. The minimum absolute atomic E-state index is 0.144. The summed E-state index contributed by atoms with van der Waals surface area (Å²) < 4.78 is 45.5. The van der Waals surface area contributed by atoms with Gasteiger partial charge in [0.2, 0.25) is 0 Å². The van der Waals surface area contributed by atoms with Crippen molar-refractivity contribution in [2.75, 3.05) is 23.9 Å². The van der Waals surface area contributed by atoms with Crippen LogP contribution in [-0.4, -0.2) is 24.7 Å². The molecular weight excluding hydrogens is 443 g/mol. The standard InChI is InChI=1S/C26H26F3N3O2/c1-25(2,3)20-8-7-18(13-19(20)17-6-5-10-30-15-17)31-24(33)32-11-9-16-12-23(34-4)21(14-22(16)32)26(27,28)29/h5-8,10,12-15H,9,11H2,1-4H3,(H,31,33). The van der Waals surface area contributed by atoms with E-state index in [1.54, 1.807) is 12.4 Å². The van der Waals surface area contributed by atoms with E-state index in [0.717, 1.165) is 22.8 Å². The highest BCUT2D eigenvalue weighted by atomic mass is 19.4. The second-order valence-corrected chi connectivity index (χ2v) is 9.26. The summed E-state index contributed by atoms with van der Waals surface area (Å²) in [5.41, 5.74) is 3.32. The van der Waals surface area contributed by atoms with Crippen molar-refractivity contribution in [2.24, 2.45) is 0 Å². The Balaban J connectivity index is 1.66. The molecule has 2 amide bonds. The normalized spacial score (nSPS) is 13.6. The number of ether oxygens (including phenoxy) is 1. The Morgan fingerprint density at radius 1 is 1.09 bits per heavy atom. The third-order valence-corrected chi connectivity index (χ3v) is 5.90. The van der Waals surface area contributed by atoms with Gasteiger partial charge in [-0.2, -0.15) is 13.2 Å². The predicted molar refractivity (Wildman–Crippen MR) is 126 cm³/mol. The number of aromatic nitrogens is 1. The number of pyridine rings is 1. The smallest absolute Gasteiger partial charge is 0.420 e. The number of nitrogens with one attached hydrogen (secondary N) is 1. The lowest BCUT2D eigenvalue weighted by atomic mass is 9.82. The van der Waals surface area contributed by atoms with E-state index in [9.17, 15) is 18.0 Å². The number of halogens is 3. The molecule has 34 heavy (non-hydrogen) atoms. The number of rotatable bonds is 3. The van der Waals surface area contributed by atoms with Crippen LogP contribution in [-0.2, 0) is 18.0 Å². The Labute approximate surface area is 196 Å². The van der Waals surface area contributed by atoms with Gasteiger partial charge in [-0.05, 0) is 58.9 Å². The van der Waals surface area contributed by atoms with Crippen LogP contribution in [0.25, 0.3) is 11.1 Å². The fourth-order valence-corrected chi connectivity index (χ4v) is 4.24. The molecule has 2 heterocycles. The van der Waals surface area contributed by atoms with Crippen molar-refractivity contribution < 1.29 is 22.7 Å². The Bertz CT molecular complexity index is 1220. The van der Waals surface area contributed by atoms with Gasteiger partial charge in [0.25, 0.3) is 0 Å². The van der Waals surface area contributed by atoms with Gasteiger partial charge in [0, 0.05) is 35.9 Å². The molecule has 1 N–H and O–H groups in total. The van der Waals surface area contributed by atoms with Crippen molar-refractivity contribution in [3.63, 3.8) is 0 Å². The summed E-state index contributed by atoms with van der Waals surface area (Å²) in [6, 6.07) is 11.3. The maximum absolute atomic E-state index is 13.5. The number of alkyl halides is 3. The molecule has 0 saturated carbocycles. The number of hydrogen-bond donors (Lipinski definition) is 1. The van der Waals surface area contributed by atoms with E-state index in [2.05, 4.69) is 31.1 Å². The molecule has 1 aliphatic rings. The average molecular weight is 470 g/mol. The molecule has 4 rings (SSSR count). The predicted octanol–water partition coefficient (Wildman–Crippen LogP) is 6.67. The molecule has 0 saturated heterocycles. The van der Waals surface area contributed by atoms with Gasteiger partial charge in [-0.1, -0.05) is 32.9 Å². The summed E-state index contributed by atoms with van der Waals surface area (Å²) >= 11 is 0. The van der Waals surface area contributed by atoms with Gasteiger partial charge in [0.1, 0.15) is 5.75 Å². The summed E-state index contributed by atoms with van der Waals surface area (Å²) in [5.74, 6) is -0.243. The average Bonchev–Trinajstić information content (AvgIpc) is 3.20. The first-order valence-electron chi connectivity index (χ1n) is 10.9. The molecule has 0 radical (unpaired) electrons. The molecule has 3 aromatic rings. The Kier molecular flexibility index (Phi) is 6.02. The molecule has 0 unspecified atom stereocenters. The fourth-order valence-electron chi connectivity index (χ4n) is 4.24. The highest BCUT2D eigenvalue weighted by Crippen LogP contribution is 2.42.